The van der Waals surface area contributed by atoms with Gasteiger partial charge in [0, 0.05) is 6.07 Å². The molecule has 1 aliphatic rings. The lowest BCUT2D eigenvalue weighted by atomic mass is 9.91. The van der Waals surface area contributed by atoms with Crippen LogP contribution >= 0.6 is 0 Å². The van der Waals surface area contributed by atoms with E-state index in [9.17, 15) is 0 Å². The van der Waals surface area contributed by atoms with Crippen LogP contribution in [0.25, 0.3) is 0 Å². The average molecular weight is 221 g/mol. The molecule has 0 bridgehead atoms. The summed E-state index contributed by atoms with van der Waals surface area (Å²) in [4.78, 5) is 0. The minimum atomic E-state index is 0.272. The number of nitrogens with two attached hydrogens (primary N) is 1. The van der Waals surface area contributed by atoms with Crippen LogP contribution in [-0.4, -0.2) is 9.78 Å². The third-order valence-electron chi connectivity index (χ3n) is 3.22. The number of nitrogen functional groups attached to an aromatic ring is 1. The molecule has 3 heteroatoms. The molecule has 2 rings (SSSR count). The van der Waals surface area contributed by atoms with E-state index in [4.69, 9.17) is 5.73 Å². The summed E-state index contributed by atoms with van der Waals surface area (Å²) < 4.78 is 2.01. The zero-order valence-electron chi connectivity index (χ0n) is 10.8. The molecule has 2 N–H and O–H groups in total. The van der Waals surface area contributed by atoms with Crippen molar-refractivity contribution in [2.24, 2.45) is 11.3 Å². The number of hydrogen-bond donors (Lipinski definition) is 1. The quantitative estimate of drug-likeness (QED) is 0.852. The number of anilines is 1. The highest BCUT2D eigenvalue weighted by atomic mass is 15.3. The predicted octanol–water partition coefficient (Wildman–Crippen LogP) is 3.02. The molecule has 1 aliphatic carbocycles. The Hall–Kier alpha value is -0.990. The summed E-state index contributed by atoms with van der Waals surface area (Å²) in [6, 6.07) is 2.50. The van der Waals surface area contributed by atoms with Crippen molar-refractivity contribution in [3.05, 3.63) is 11.8 Å². The van der Waals surface area contributed by atoms with E-state index in [1.165, 1.54) is 12.8 Å². The molecular weight excluding hydrogens is 198 g/mol. The molecule has 1 fully saturated rings. The van der Waals surface area contributed by atoms with Gasteiger partial charge in [0.2, 0.25) is 0 Å². The molecule has 0 radical (unpaired) electrons. The van der Waals surface area contributed by atoms with Crippen LogP contribution in [-0.2, 0) is 6.42 Å². The van der Waals surface area contributed by atoms with Gasteiger partial charge in [-0.25, -0.2) is 4.68 Å². The monoisotopic (exact) mass is 221 g/mol. The molecule has 1 atom stereocenters. The van der Waals surface area contributed by atoms with Gasteiger partial charge in [0.15, 0.2) is 0 Å². The van der Waals surface area contributed by atoms with E-state index in [2.05, 4.69) is 32.8 Å². The molecule has 1 saturated carbocycles. The van der Waals surface area contributed by atoms with Crippen LogP contribution in [0.15, 0.2) is 6.07 Å². The Kier molecular flexibility index (Phi) is 2.72. The molecule has 3 nitrogen and oxygen atoms in total. The lowest BCUT2D eigenvalue weighted by molar-refractivity contribution is 0.394. The lowest BCUT2D eigenvalue weighted by Crippen LogP contribution is -2.13. The van der Waals surface area contributed by atoms with Gasteiger partial charge in [-0.2, -0.15) is 5.10 Å². The highest BCUT2D eigenvalue weighted by Crippen LogP contribution is 2.40. The average Bonchev–Trinajstić information content (AvgIpc) is 2.88. The Morgan fingerprint density at radius 1 is 1.50 bits per heavy atom. The second-order valence-electron chi connectivity index (χ2n) is 6.32. The van der Waals surface area contributed by atoms with Crippen LogP contribution in [0.2, 0.25) is 0 Å². The van der Waals surface area contributed by atoms with Gasteiger partial charge < -0.3 is 5.73 Å². The van der Waals surface area contributed by atoms with E-state index in [1.807, 2.05) is 10.7 Å². The van der Waals surface area contributed by atoms with Gasteiger partial charge in [-0.15, -0.1) is 0 Å². The molecule has 0 aliphatic heterocycles. The summed E-state index contributed by atoms with van der Waals surface area (Å²) >= 11 is 0. The smallest absolute Gasteiger partial charge is 0.122 e. The van der Waals surface area contributed by atoms with Crippen LogP contribution in [0, 0.1) is 11.3 Å². The first-order valence-corrected chi connectivity index (χ1v) is 6.21. The fourth-order valence-corrected chi connectivity index (χ4v) is 2.20. The number of nitrogens with zero attached hydrogens (tertiary/aromatic N) is 2. The van der Waals surface area contributed by atoms with E-state index < -0.39 is 0 Å². The Labute approximate surface area is 98.0 Å². The van der Waals surface area contributed by atoms with Crippen molar-refractivity contribution in [1.82, 2.24) is 9.78 Å². The third kappa shape index (κ3) is 2.57. The van der Waals surface area contributed by atoms with Gasteiger partial charge in [-0.3, -0.25) is 0 Å². The predicted molar refractivity (Wildman–Crippen MR) is 67.2 cm³/mol. The fraction of sp³-hybridized carbons (Fsp3) is 0.769. The van der Waals surface area contributed by atoms with E-state index in [0.717, 1.165) is 23.9 Å². The minimum absolute atomic E-state index is 0.272. The minimum Gasteiger partial charge on any atom is -0.384 e. The van der Waals surface area contributed by atoms with E-state index in [1.54, 1.807) is 0 Å². The first-order chi connectivity index (χ1) is 7.37. The van der Waals surface area contributed by atoms with Gasteiger partial charge in [-0.05, 0) is 37.5 Å². The highest BCUT2D eigenvalue weighted by Gasteiger charge is 2.30. The van der Waals surface area contributed by atoms with Crippen molar-refractivity contribution >= 4 is 5.82 Å². The summed E-state index contributed by atoms with van der Waals surface area (Å²) in [7, 11) is 0. The fourth-order valence-electron chi connectivity index (χ4n) is 2.20. The van der Waals surface area contributed by atoms with E-state index >= 15 is 0 Å². The lowest BCUT2D eigenvalue weighted by Gasteiger charge is -2.16. The molecule has 1 heterocycles. The second kappa shape index (κ2) is 3.79. The van der Waals surface area contributed by atoms with E-state index in [-0.39, 0.29) is 5.41 Å². The maximum atomic E-state index is 6.03. The van der Waals surface area contributed by atoms with Crippen LogP contribution in [0.5, 0.6) is 0 Å². The molecule has 1 unspecified atom stereocenters. The molecule has 0 spiro atoms. The Bertz CT molecular complexity index is 369. The van der Waals surface area contributed by atoms with Crippen molar-refractivity contribution in [3.63, 3.8) is 0 Å². The maximum absolute atomic E-state index is 6.03. The third-order valence-corrected chi connectivity index (χ3v) is 3.22. The summed E-state index contributed by atoms with van der Waals surface area (Å²) in [5.74, 6) is 1.61. The Morgan fingerprint density at radius 3 is 2.62 bits per heavy atom. The van der Waals surface area contributed by atoms with Gasteiger partial charge in [0.05, 0.1) is 11.7 Å². The largest absolute Gasteiger partial charge is 0.384 e. The first kappa shape index (κ1) is 11.5. The van der Waals surface area contributed by atoms with Gasteiger partial charge in [-0.1, -0.05) is 20.8 Å². The molecule has 90 valence electrons. The SMILES string of the molecule is CC(C1CC1)n1nc(CC(C)(C)C)cc1N. The van der Waals surface area contributed by atoms with Crippen molar-refractivity contribution in [2.45, 2.75) is 53.0 Å². The molecule has 16 heavy (non-hydrogen) atoms. The summed E-state index contributed by atoms with van der Waals surface area (Å²) in [6.07, 6.45) is 3.64. The van der Waals surface area contributed by atoms with Crippen molar-refractivity contribution in [1.29, 1.82) is 0 Å². The standard InChI is InChI=1S/C13H23N3/c1-9(10-5-6-10)16-12(14)7-11(15-16)8-13(2,3)4/h7,9-10H,5-6,8,14H2,1-4H3. The zero-order valence-corrected chi connectivity index (χ0v) is 10.8. The van der Waals surface area contributed by atoms with Crippen LogP contribution in [0.4, 0.5) is 5.82 Å². The molecule has 0 amide bonds. The van der Waals surface area contributed by atoms with Gasteiger partial charge >= 0.3 is 0 Å². The van der Waals surface area contributed by atoms with Crippen molar-refractivity contribution < 1.29 is 0 Å². The zero-order chi connectivity index (χ0) is 11.9. The number of aromatic nitrogens is 2. The molecule has 0 aromatic carbocycles. The molecule has 0 saturated heterocycles. The summed E-state index contributed by atoms with van der Waals surface area (Å²) in [5, 5.41) is 4.65. The molecule has 1 aromatic heterocycles. The summed E-state index contributed by atoms with van der Waals surface area (Å²) in [5.41, 5.74) is 7.42. The molecular formula is C13H23N3. The van der Waals surface area contributed by atoms with Gasteiger partial charge in [0.1, 0.15) is 5.82 Å². The van der Waals surface area contributed by atoms with Gasteiger partial charge in [0.25, 0.3) is 0 Å². The van der Waals surface area contributed by atoms with Crippen LogP contribution < -0.4 is 5.73 Å². The second-order valence-corrected chi connectivity index (χ2v) is 6.32. The first-order valence-electron chi connectivity index (χ1n) is 6.21. The summed E-state index contributed by atoms with van der Waals surface area (Å²) in [6.45, 7) is 8.91. The normalized spacial score (nSPS) is 18.8. The Balaban J connectivity index is 2.14. The highest BCUT2D eigenvalue weighted by molar-refractivity contribution is 5.32. The molecule has 1 aromatic rings. The topological polar surface area (TPSA) is 43.8 Å². The van der Waals surface area contributed by atoms with Crippen molar-refractivity contribution in [2.75, 3.05) is 5.73 Å². The van der Waals surface area contributed by atoms with Crippen LogP contribution in [0.1, 0.15) is 52.3 Å². The van der Waals surface area contributed by atoms with Crippen LogP contribution in [0.3, 0.4) is 0 Å². The maximum Gasteiger partial charge on any atom is 0.122 e. The van der Waals surface area contributed by atoms with E-state index in [0.29, 0.717) is 6.04 Å². The van der Waals surface area contributed by atoms with Crippen molar-refractivity contribution in [3.8, 4) is 0 Å². The number of hydrogen-bond acceptors (Lipinski definition) is 2. The Morgan fingerprint density at radius 2 is 2.12 bits per heavy atom. The number of rotatable bonds is 3.